The number of halogens is 1. The Hall–Kier alpha value is -2.94. The first kappa shape index (κ1) is 26.1. The zero-order valence-corrected chi connectivity index (χ0v) is 20.2. The number of amides is 2. The molecule has 1 saturated carbocycles. The third-order valence-corrected chi connectivity index (χ3v) is 7.46. The number of ether oxygens (including phenoxy) is 2. The van der Waals surface area contributed by atoms with Crippen LogP contribution in [0, 0.1) is 34.4 Å². The van der Waals surface area contributed by atoms with Crippen LogP contribution in [-0.4, -0.2) is 72.4 Å². The maximum absolute atomic E-state index is 13.3. The maximum Gasteiger partial charge on any atom is 0.475 e. The molecule has 3 N–H and O–H groups in total. The van der Waals surface area contributed by atoms with Gasteiger partial charge in [0, 0.05) is 19.8 Å². The van der Waals surface area contributed by atoms with Crippen molar-refractivity contribution in [2.45, 2.75) is 44.6 Å². The Balaban J connectivity index is 1.36. The molecule has 1 aliphatic carbocycles. The van der Waals surface area contributed by atoms with Gasteiger partial charge in [-0.25, -0.2) is 9.18 Å². The van der Waals surface area contributed by atoms with Crippen LogP contribution in [0.4, 0.5) is 9.18 Å². The van der Waals surface area contributed by atoms with E-state index in [1.807, 2.05) is 6.92 Å². The first-order valence-electron chi connectivity index (χ1n) is 12.2. The highest BCUT2D eigenvalue weighted by molar-refractivity contribution is 6.43. The number of carbonyl (C=O) groups is 2. The topological polar surface area (TPSA) is 132 Å². The number of allylic oxidation sites excluding steroid dienone is 1. The summed E-state index contributed by atoms with van der Waals surface area (Å²) in [5.74, 6) is -1.30. The first-order valence-corrected chi connectivity index (χ1v) is 12.2. The van der Waals surface area contributed by atoms with Crippen LogP contribution in [0.25, 0.3) is 0 Å². The van der Waals surface area contributed by atoms with Crippen LogP contribution in [-0.2, 0) is 20.7 Å². The molecule has 0 unspecified atom stereocenters. The molecule has 0 radical (unpaired) electrons. The van der Waals surface area contributed by atoms with Crippen LogP contribution in [0.5, 0.6) is 0 Å². The van der Waals surface area contributed by atoms with E-state index in [0.717, 1.165) is 19.3 Å². The molecule has 1 aromatic rings. The van der Waals surface area contributed by atoms with E-state index >= 15 is 0 Å². The van der Waals surface area contributed by atoms with Gasteiger partial charge in [-0.2, -0.15) is 5.26 Å². The summed E-state index contributed by atoms with van der Waals surface area (Å²) in [6.07, 6.45) is 3.37. The normalized spacial score (nSPS) is 25.4. The summed E-state index contributed by atoms with van der Waals surface area (Å²) in [5.41, 5.74) is 0.424. The number of piperidine rings is 1. The standard InChI is InChI=1S/C25H31BFN3O6/c1-25(6-8-35-9-7-25)12-18(13-28)23(31)30-14-17-11-20(17)21(30)15-36-24(32)29-22(26(33)34)10-16-2-4-19(27)5-3-16/h2-5,12,17,20-22,33-34H,6-11,14-15H2,1H3,(H,29,32)/b18-12-/t17-,20-,21-,22-/m0/s1. The molecule has 2 aliphatic heterocycles. The fourth-order valence-corrected chi connectivity index (χ4v) is 5.11. The van der Waals surface area contributed by atoms with Crippen LogP contribution in [0.1, 0.15) is 31.7 Å². The molecule has 36 heavy (non-hydrogen) atoms. The summed E-state index contributed by atoms with van der Waals surface area (Å²) < 4.78 is 23.9. The molecule has 1 aromatic carbocycles. The Morgan fingerprint density at radius 3 is 2.69 bits per heavy atom. The van der Waals surface area contributed by atoms with Crippen molar-refractivity contribution in [2.24, 2.45) is 17.3 Å². The van der Waals surface area contributed by atoms with Gasteiger partial charge in [-0.15, -0.1) is 0 Å². The second-order valence-corrected chi connectivity index (χ2v) is 10.2. The van der Waals surface area contributed by atoms with Gasteiger partial charge in [0.25, 0.3) is 5.91 Å². The smallest absolute Gasteiger partial charge is 0.447 e. The molecule has 11 heteroatoms. The summed E-state index contributed by atoms with van der Waals surface area (Å²) in [6.45, 7) is 3.65. The highest BCUT2D eigenvalue weighted by Crippen LogP contribution is 2.50. The third kappa shape index (κ3) is 6.24. The first-order chi connectivity index (χ1) is 17.2. The maximum atomic E-state index is 13.3. The van der Waals surface area contributed by atoms with Crippen molar-refractivity contribution in [1.82, 2.24) is 10.2 Å². The second-order valence-electron chi connectivity index (χ2n) is 10.2. The summed E-state index contributed by atoms with van der Waals surface area (Å²) in [4.78, 5) is 27.3. The largest absolute Gasteiger partial charge is 0.475 e. The summed E-state index contributed by atoms with van der Waals surface area (Å²) in [7, 11) is -1.85. The molecule has 2 heterocycles. The molecule has 0 spiro atoms. The minimum absolute atomic E-state index is 0.0614. The summed E-state index contributed by atoms with van der Waals surface area (Å²) in [6, 6.07) is 7.20. The quantitative estimate of drug-likeness (QED) is 0.281. The monoisotopic (exact) mass is 499 g/mol. The van der Waals surface area contributed by atoms with Crippen molar-refractivity contribution in [3.05, 3.63) is 47.3 Å². The van der Waals surface area contributed by atoms with Crippen molar-refractivity contribution < 1.29 is 33.5 Å². The van der Waals surface area contributed by atoms with Crippen molar-refractivity contribution in [1.29, 1.82) is 5.26 Å². The van der Waals surface area contributed by atoms with Crippen LogP contribution in [0.2, 0.25) is 0 Å². The van der Waals surface area contributed by atoms with Crippen molar-refractivity contribution in [3.8, 4) is 6.07 Å². The van der Waals surface area contributed by atoms with E-state index in [1.165, 1.54) is 24.3 Å². The number of hydrogen-bond acceptors (Lipinski definition) is 7. The number of fused-ring (bicyclic) bond motifs is 1. The summed E-state index contributed by atoms with van der Waals surface area (Å²) >= 11 is 0. The molecule has 3 aliphatic rings. The molecule has 192 valence electrons. The number of likely N-dealkylation sites (tertiary alicyclic amines) is 1. The highest BCUT2D eigenvalue weighted by Gasteiger charge is 2.54. The number of nitriles is 1. The van der Waals surface area contributed by atoms with Gasteiger partial charge in [0.2, 0.25) is 0 Å². The molecular weight excluding hydrogens is 468 g/mol. The van der Waals surface area contributed by atoms with E-state index in [-0.39, 0.29) is 41.9 Å². The number of nitrogens with one attached hydrogen (secondary N) is 1. The van der Waals surface area contributed by atoms with Gasteiger partial charge in [0.15, 0.2) is 0 Å². The fourth-order valence-electron chi connectivity index (χ4n) is 5.11. The highest BCUT2D eigenvalue weighted by atomic mass is 19.1. The van der Waals surface area contributed by atoms with Crippen LogP contribution < -0.4 is 5.32 Å². The number of alkyl carbamates (subject to hydrolysis) is 1. The molecular formula is C25H31BFN3O6. The lowest BCUT2D eigenvalue weighted by atomic mass is 9.76. The second kappa shape index (κ2) is 11.0. The molecule has 2 saturated heterocycles. The Morgan fingerprint density at radius 1 is 1.36 bits per heavy atom. The number of nitrogens with zero attached hydrogens (tertiary/aromatic N) is 2. The lowest BCUT2D eigenvalue weighted by molar-refractivity contribution is -0.129. The van der Waals surface area contributed by atoms with E-state index in [2.05, 4.69) is 11.4 Å². The Morgan fingerprint density at radius 2 is 2.06 bits per heavy atom. The SMILES string of the molecule is CC1(/C=C(/C#N)C(=O)N2C[C@@H]3C[C@@H]3[C@@H]2COC(=O)N[C@@H](Cc2ccc(F)cc2)B(O)O)CCOCC1. The van der Waals surface area contributed by atoms with E-state index in [1.54, 1.807) is 11.0 Å². The number of rotatable bonds is 8. The number of benzene rings is 1. The lowest BCUT2D eigenvalue weighted by Gasteiger charge is -2.32. The Bertz CT molecular complexity index is 1040. The predicted octanol–water partition coefficient (Wildman–Crippen LogP) is 1.59. The molecule has 3 fully saturated rings. The van der Waals surface area contributed by atoms with Crippen LogP contribution >= 0.6 is 0 Å². The predicted molar refractivity (Wildman–Crippen MR) is 128 cm³/mol. The van der Waals surface area contributed by atoms with Gasteiger partial charge < -0.3 is 29.7 Å². The summed E-state index contributed by atoms with van der Waals surface area (Å²) in [5, 5.41) is 31.5. The minimum atomic E-state index is -1.85. The Kier molecular flexibility index (Phi) is 7.98. The van der Waals surface area contributed by atoms with Crippen molar-refractivity contribution in [3.63, 3.8) is 0 Å². The number of hydrogen-bond donors (Lipinski definition) is 3. The molecule has 4 rings (SSSR count). The third-order valence-electron chi connectivity index (χ3n) is 7.46. The van der Waals surface area contributed by atoms with Crippen molar-refractivity contribution in [2.75, 3.05) is 26.4 Å². The zero-order chi connectivity index (χ0) is 25.9. The van der Waals surface area contributed by atoms with Gasteiger partial charge in [-0.05, 0) is 60.6 Å². The average molecular weight is 499 g/mol. The van der Waals surface area contributed by atoms with E-state index in [9.17, 15) is 29.3 Å². The van der Waals surface area contributed by atoms with E-state index in [4.69, 9.17) is 9.47 Å². The average Bonchev–Trinajstić information content (AvgIpc) is 3.53. The molecule has 0 aromatic heterocycles. The van der Waals surface area contributed by atoms with E-state index < -0.39 is 25.0 Å². The molecule has 0 bridgehead atoms. The van der Waals surface area contributed by atoms with Gasteiger partial charge in [0.05, 0.1) is 12.0 Å². The van der Waals surface area contributed by atoms with Crippen LogP contribution in [0.3, 0.4) is 0 Å². The van der Waals surface area contributed by atoms with Gasteiger partial charge in [-0.3, -0.25) is 4.79 Å². The lowest BCUT2D eigenvalue weighted by Crippen LogP contribution is -2.49. The molecule has 9 nitrogen and oxygen atoms in total. The zero-order valence-electron chi connectivity index (χ0n) is 20.2. The fraction of sp³-hybridized carbons (Fsp3) is 0.560. The minimum Gasteiger partial charge on any atom is -0.447 e. The van der Waals surface area contributed by atoms with E-state index in [0.29, 0.717) is 31.2 Å². The van der Waals surface area contributed by atoms with Gasteiger partial charge >= 0.3 is 13.2 Å². The Labute approximate surface area is 210 Å². The van der Waals surface area contributed by atoms with Crippen LogP contribution in [0.15, 0.2) is 35.9 Å². The van der Waals surface area contributed by atoms with Gasteiger partial charge in [-0.1, -0.05) is 25.1 Å². The molecule has 4 atom stereocenters. The van der Waals surface area contributed by atoms with Gasteiger partial charge in [0.1, 0.15) is 24.1 Å². The number of carbonyl (C=O) groups excluding carboxylic acids is 2. The van der Waals surface area contributed by atoms with Crippen molar-refractivity contribution >= 4 is 19.1 Å². The molecule has 2 amide bonds.